The third-order valence-electron chi connectivity index (χ3n) is 2.16. The van der Waals surface area contributed by atoms with Gasteiger partial charge in [-0.15, -0.1) is 0 Å². The van der Waals surface area contributed by atoms with E-state index in [-0.39, 0.29) is 11.9 Å². The number of carbonyl (C=O) groups excluding carboxylic acids is 1. The molecule has 0 fully saturated rings. The molecule has 0 saturated heterocycles. The minimum atomic E-state index is -0.301. The normalized spacial score (nSPS) is 12.4. The molecule has 0 heterocycles. The summed E-state index contributed by atoms with van der Waals surface area (Å²) in [5, 5.41) is 3.91. The molecule has 0 radical (unpaired) electrons. The van der Waals surface area contributed by atoms with Gasteiger partial charge in [-0.3, -0.25) is 4.79 Å². The Balaban J connectivity index is 2.54. The van der Waals surface area contributed by atoms with Gasteiger partial charge in [0.25, 0.3) is 0 Å². The first-order valence-corrected chi connectivity index (χ1v) is 6.11. The SMILES string of the molecule is CC(CC(N)=O)NCc1cc(Cl)ccc1Br. The average Bonchev–Trinajstić information content (AvgIpc) is 2.18. The van der Waals surface area contributed by atoms with Crippen molar-refractivity contribution in [2.24, 2.45) is 5.73 Å². The van der Waals surface area contributed by atoms with Crippen molar-refractivity contribution in [1.82, 2.24) is 5.32 Å². The molecule has 0 aliphatic heterocycles. The second kappa shape index (κ2) is 6.23. The Labute approximate surface area is 108 Å². The van der Waals surface area contributed by atoms with E-state index in [4.69, 9.17) is 17.3 Å². The summed E-state index contributed by atoms with van der Waals surface area (Å²) in [6.45, 7) is 2.57. The number of amides is 1. The molecule has 1 rings (SSSR count). The van der Waals surface area contributed by atoms with Crippen molar-refractivity contribution in [2.75, 3.05) is 0 Å². The lowest BCUT2D eigenvalue weighted by atomic mass is 10.2. The molecule has 3 N–H and O–H groups in total. The molecule has 1 unspecified atom stereocenters. The van der Waals surface area contributed by atoms with Gasteiger partial charge in [0.1, 0.15) is 0 Å². The highest BCUT2D eigenvalue weighted by atomic mass is 79.9. The van der Waals surface area contributed by atoms with Crippen LogP contribution in [0.1, 0.15) is 18.9 Å². The summed E-state index contributed by atoms with van der Waals surface area (Å²) in [7, 11) is 0. The first-order valence-electron chi connectivity index (χ1n) is 4.94. The molecule has 1 aromatic carbocycles. The van der Waals surface area contributed by atoms with E-state index in [0.717, 1.165) is 10.0 Å². The Morgan fingerprint density at radius 3 is 2.94 bits per heavy atom. The van der Waals surface area contributed by atoms with Gasteiger partial charge in [-0.1, -0.05) is 27.5 Å². The van der Waals surface area contributed by atoms with Gasteiger partial charge in [0.2, 0.25) is 5.91 Å². The van der Waals surface area contributed by atoms with E-state index < -0.39 is 0 Å². The van der Waals surface area contributed by atoms with Crippen LogP contribution in [0.2, 0.25) is 5.02 Å². The Hall–Kier alpha value is -0.580. The summed E-state index contributed by atoms with van der Waals surface area (Å²) >= 11 is 9.33. The van der Waals surface area contributed by atoms with Crippen LogP contribution in [0.4, 0.5) is 0 Å². The predicted octanol–water partition coefficient (Wildman–Crippen LogP) is 2.46. The summed E-state index contributed by atoms with van der Waals surface area (Å²) in [5.74, 6) is -0.301. The number of nitrogens with one attached hydrogen (secondary N) is 1. The van der Waals surface area contributed by atoms with E-state index >= 15 is 0 Å². The van der Waals surface area contributed by atoms with Gasteiger partial charge in [0, 0.05) is 28.5 Å². The van der Waals surface area contributed by atoms with E-state index in [1.165, 1.54) is 0 Å². The highest BCUT2D eigenvalue weighted by Gasteiger charge is 2.06. The highest BCUT2D eigenvalue weighted by Crippen LogP contribution is 2.21. The maximum Gasteiger partial charge on any atom is 0.218 e. The lowest BCUT2D eigenvalue weighted by Gasteiger charge is -2.13. The monoisotopic (exact) mass is 304 g/mol. The third-order valence-corrected chi connectivity index (χ3v) is 3.16. The van der Waals surface area contributed by atoms with E-state index in [1.54, 1.807) is 0 Å². The zero-order valence-electron chi connectivity index (χ0n) is 8.97. The topological polar surface area (TPSA) is 55.1 Å². The molecule has 0 aliphatic carbocycles. The van der Waals surface area contributed by atoms with Crippen molar-refractivity contribution in [3.8, 4) is 0 Å². The van der Waals surface area contributed by atoms with Crippen LogP contribution >= 0.6 is 27.5 Å². The first kappa shape index (κ1) is 13.5. The molecule has 0 saturated carbocycles. The number of hydrogen-bond donors (Lipinski definition) is 2. The number of primary amides is 1. The second-order valence-corrected chi connectivity index (χ2v) is 4.98. The van der Waals surface area contributed by atoms with Gasteiger partial charge in [-0.25, -0.2) is 0 Å². The van der Waals surface area contributed by atoms with E-state index in [9.17, 15) is 4.79 Å². The molecule has 16 heavy (non-hydrogen) atoms. The van der Waals surface area contributed by atoms with Crippen LogP contribution in [-0.4, -0.2) is 11.9 Å². The van der Waals surface area contributed by atoms with Crippen molar-refractivity contribution < 1.29 is 4.79 Å². The lowest BCUT2D eigenvalue weighted by molar-refractivity contribution is -0.118. The summed E-state index contributed by atoms with van der Waals surface area (Å²) in [4.78, 5) is 10.7. The van der Waals surface area contributed by atoms with Crippen molar-refractivity contribution in [3.63, 3.8) is 0 Å². The van der Waals surface area contributed by atoms with Crippen LogP contribution in [0, 0.1) is 0 Å². The van der Waals surface area contributed by atoms with Gasteiger partial charge in [0.15, 0.2) is 0 Å². The average molecular weight is 306 g/mol. The Morgan fingerprint density at radius 2 is 2.31 bits per heavy atom. The maximum absolute atomic E-state index is 10.7. The summed E-state index contributed by atoms with van der Waals surface area (Å²) < 4.78 is 0.996. The molecule has 88 valence electrons. The highest BCUT2D eigenvalue weighted by molar-refractivity contribution is 9.10. The van der Waals surface area contributed by atoms with E-state index in [1.807, 2.05) is 25.1 Å². The summed E-state index contributed by atoms with van der Waals surface area (Å²) in [6.07, 6.45) is 0.332. The number of rotatable bonds is 5. The van der Waals surface area contributed by atoms with Crippen molar-refractivity contribution >= 4 is 33.4 Å². The first-order chi connectivity index (χ1) is 7.49. The number of hydrogen-bond acceptors (Lipinski definition) is 2. The minimum Gasteiger partial charge on any atom is -0.370 e. The fraction of sp³-hybridized carbons (Fsp3) is 0.364. The molecule has 1 aromatic rings. The number of halogens is 2. The van der Waals surface area contributed by atoms with Crippen LogP contribution < -0.4 is 11.1 Å². The molecule has 0 aliphatic rings. The zero-order chi connectivity index (χ0) is 12.1. The smallest absolute Gasteiger partial charge is 0.218 e. The van der Waals surface area contributed by atoms with Crippen LogP contribution in [-0.2, 0) is 11.3 Å². The fourth-order valence-electron chi connectivity index (χ4n) is 1.34. The molecule has 0 spiro atoms. The Kier molecular flexibility index (Phi) is 5.25. The van der Waals surface area contributed by atoms with Gasteiger partial charge >= 0.3 is 0 Å². The molecular formula is C11H14BrClN2O. The van der Waals surface area contributed by atoms with Gasteiger partial charge in [-0.2, -0.15) is 0 Å². The summed E-state index contributed by atoms with van der Waals surface area (Å²) in [5.41, 5.74) is 6.17. The summed E-state index contributed by atoms with van der Waals surface area (Å²) in [6, 6.07) is 5.67. The maximum atomic E-state index is 10.7. The quantitative estimate of drug-likeness (QED) is 0.878. The van der Waals surface area contributed by atoms with Crippen LogP contribution in [0.3, 0.4) is 0 Å². The zero-order valence-corrected chi connectivity index (χ0v) is 11.3. The Morgan fingerprint density at radius 1 is 1.62 bits per heavy atom. The molecular weight excluding hydrogens is 291 g/mol. The van der Waals surface area contributed by atoms with Crippen molar-refractivity contribution in [3.05, 3.63) is 33.3 Å². The second-order valence-electron chi connectivity index (χ2n) is 3.69. The van der Waals surface area contributed by atoms with E-state index in [0.29, 0.717) is 18.0 Å². The predicted molar refractivity (Wildman–Crippen MR) is 69.3 cm³/mol. The molecule has 3 nitrogen and oxygen atoms in total. The van der Waals surface area contributed by atoms with Crippen LogP contribution in [0.5, 0.6) is 0 Å². The molecule has 5 heteroatoms. The largest absolute Gasteiger partial charge is 0.370 e. The molecule has 0 aromatic heterocycles. The standard InChI is InChI=1S/C11H14BrClN2O/c1-7(4-11(14)16)15-6-8-5-9(13)2-3-10(8)12/h2-3,5,7,15H,4,6H2,1H3,(H2,14,16). The number of nitrogens with two attached hydrogens (primary N) is 1. The van der Waals surface area contributed by atoms with Crippen molar-refractivity contribution in [2.45, 2.75) is 25.9 Å². The Bertz CT molecular complexity index is 384. The van der Waals surface area contributed by atoms with Gasteiger partial charge in [-0.05, 0) is 30.7 Å². The van der Waals surface area contributed by atoms with Crippen LogP contribution in [0.25, 0.3) is 0 Å². The van der Waals surface area contributed by atoms with Crippen LogP contribution in [0.15, 0.2) is 22.7 Å². The third kappa shape index (κ3) is 4.51. The number of carbonyl (C=O) groups is 1. The minimum absolute atomic E-state index is 0.0587. The van der Waals surface area contributed by atoms with Gasteiger partial charge in [0.05, 0.1) is 0 Å². The van der Waals surface area contributed by atoms with Gasteiger partial charge < -0.3 is 11.1 Å². The lowest BCUT2D eigenvalue weighted by Crippen LogP contribution is -2.30. The molecule has 0 bridgehead atoms. The van der Waals surface area contributed by atoms with E-state index in [2.05, 4.69) is 21.2 Å². The molecule has 1 atom stereocenters. The number of benzene rings is 1. The molecule has 1 amide bonds. The fourth-order valence-corrected chi connectivity index (χ4v) is 1.92. The van der Waals surface area contributed by atoms with Crippen molar-refractivity contribution in [1.29, 1.82) is 0 Å².